The first-order valence-electron chi connectivity index (χ1n) is 7.31. The molecule has 1 aromatic carbocycles. The third kappa shape index (κ3) is 2.82. The molecule has 2 aliphatic heterocycles. The van der Waals surface area contributed by atoms with Gasteiger partial charge in [-0.1, -0.05) is 0 Å². The highest BCUT2D eigenvalue weighted by molar-refractivity contribution is 7.91. The smallest absolute Gasteiger partial charge is 0.253 e. The van der Waals surface area contributed by atoms with Crippen LogP contribution in [-0.2, 0) is 16.3 Å². The number of sulfone groups is 1. The van der Waals surface area contributed by atoms with Crippen molar-refractivity contribution in [2.75, 3.05) is 39.0 Å². The van der Waals surface area contributed by atoms with E-state index in [0.717, 1.165) is 38.2 Å². The number of carbonyl (C=O) groups excluding carboxylic acids is 1. The molecular weight excluding hydrogens is 288 g/mol. The van der Waals surface area contributed by atoms with E-state index in [4.69, 9.17) is 0 Å². The van der Waals surface area contributed by atoms with E-state index in [2.05, 4.69) is 4.90 Å². The van der Waals surface area contributed by atoms with E-state index >= 15 is 0 Å². The van der Waals surface area contributed by atoms with E-state index in [0.29, 0.717) is 16.9 Å². The molecule has 0 atom stereocenters. The summed E-state index contributed by atoms with van der Waals surface area (Å²) >= 11 is 0. The second-order valence-electron chi connectivity index (χ2n) is 5.84. The summed E-state index contributed by atoms with van der Waals surface area (Å²) in [6.07, 6.45) is 1.37. The fourth-order valence-corrected chi connectivity index (χ4v) is 4.55. The molecular formula is C15H20N2O3S. The fraction of sp³-hybridized carbons (Fsp3) is 0.533. The van der Waals surface area contributed by atoms with Crippen molar-refractivity contribution in [2.45, 2.75) is 17.7 Å². The molecule has 1 saturated heterocycles. The van der Waals surface area contributed by atoms with Crippen molar-refractivity contribution >= 4 is 15.7 Å². The molecule has 1 fully saturated rings. The quantitative estimate of drug-likeness (QED) is 0.770. The van der Waals surface area contributed by atoms with Crippen LogP contribution in [0.1, 0.15) is 22.3 Å². The summed E-state index contributed by atoms with van der Waals surface area (Å²) in [5, 5.41) is 0. The van der Waals surface area contributed by atoms with E-state index in [1.807, 2.05) is 11.9 Å². The maximum Gasteiger partial charge on any atom is 0.253 e. The second kappa shape index (κ2) is 5.42. The van der Waals surface area contributed by atoms with E-state index in [1.54, 1.807) is 18.2 Å². The van der Waals surface area contributed by atoms with Gasteiger partial charge in [-0.05, 0) is 43.7 Å². The van der Waals surface area contributed by atoms with Crippen LogP contribution in [-0.4, -0.2) is 63.1 Å². The molecule has 0 aliphatic carbocycles. The number of amides is 1. The van der Waals surface area contributed by atoms with Crippen LogP contribution in [0.25, 0.3) is 0 Å². The van der Waals surface area contributed by atoms with Crippen LogP contribution in [0.15, 0.2) is 23.1 Å². The monoisotopic (exact) mass is 308 g/mol. The molecule has 0 spiro atoms. The van der Waals surface area contributed by atoms with E-state index in [9.17, 15) is 13.2 Å². The number of nitrogens with zero attached hydrogens (tertiary/aromatic N) is 2. The van der Waals surface area contributed by atoms with Crippen LogP contribution >= 0.6 is 0 Å². The van der Waals surface area contributed by atoms with E-state index in [1.165, 1.54) is 0 Å². The van der Waals surface area contributed by atoms with Gasteiger partial charge in [-0.15, -0.1) is 0 Å². The van der Waals surface area contributed by atoms with Gasteiger partial charge in [-0.2, -0.15) is 0 Å². The molecule has 2 aliphatic rings. The van der Waals surface area contributed by atoms with Crippen LogP contribution in [0.5, 0.6) is 0 Å². The minimum atomic E-state index is -3.15. The molecule has 2 heterocycles. The molecule has 0 saturated carbocycles. The van der Waals surface area contributed by atoms with Gasteiger partial charge in [0.05, 0.1) is 10.6 Å². The standard InChI is InChI=1S/C15H20N2O3S/c1-16-6-8-17(9-7-16)15(18)13-4-5-14-12(11-13)3-2-10-21(14,19)20/h4-5,11H,2-3,6-10H2,1H3. The molecule has 21 heavy (non-hydrogen) atoms. The molecule has 1 amide bonds. The van der Waals surface area contributed by atoms with Crippen LogP contribution in [0.2, 0.25) is 0 Å². The van der Waals surface area contributed by atoms with Gasteiger partial charge in [-0.3, -0.25) is 4.79 Å². The summed E-state index contributed by atoms with van der Waals surface area (Å²) in [7, 11) is -1.10. The Morgan fingerprint density at radius 1 is 1.14 bits per heavy atom. The predicted octanol–water partition coefficient (Wildman–Crippen LogP) is 0.794. The minimum Gasteiger partial charge on any atom is -0.336 e. The Balaban J connectivity index is 1.85. The Morgan fingerprint density at radius 2 is 1.86 bits per heavy atom. The topological polar surface area (TPSA) is 57.7 Å². The van der Waals surface area contributed by atoms with Crippen LogP contribution in [0, 0.1) is 0 Å². The van der Waals surface area contributed by atoms with Crippen molar-refractivity contribution in [1.82, 2.24) is 9.80 Å². The van der Waals surface area contributed by atoms with E-state index < -0.39 is 9.84 Å². The van der Waals surface area contributed by atoms with Gasteiger partial charge in [0.15, 0.2) is 9.84 Å². The number of benzene rings is 1. The highest BCUT2D eigenvalue weighted by atomic mass is 32.2. The molecule has 0 aromatic heterocycles. The lowest BCUT2D eigenvalue weighted by Crippen LogP contribution is -2.47. The SMILES string of the molecule is CN1CCN(C(=O)c2ccc3c(c2)CCCS3(=O)=O)CC1. The first-order chi connectivity index (χ1) is 9.97. The summed E-state index contributed by atoms with van der Waals surface area (Å²) in [5.74, 6) is 0.222. The van der Waals surface area contributed by atoms with Crippen molar-refractivity contribution < 1.29 is 13.2 Å². The molecule has 0 radical (unpaired) electrons. The third-order valence-corrected chi connectivity index (χ3v) is 6.19. The van der Waals surface area contributed by atoms with Gasteiger partial charge >= 0.3 is 0 Å². The maximum atomic E-state index is 12.5. The number of likely N-dealkylation sites (N-methyl/N-ethyl adjacent to an activating group) is 1. The summed E-state index contributed by atoms with van der Waals surface area (Å²) in [4.78, 5) is 17.0. The average molecular weight is 308 g/mol. The summed E-state index contributed by atoms with van der Waals surface area (Å²) in [6.45, 7) is 3.21. The normalized spacial score (nSPS) is 21.9. The lowest BCUT2D eigenvalue weighted by Gasteiger charge is -2.32. The third-order valence-electron chi connectivity index (χ3n) is 4.29. The first-order valence-corrected chi connectivity index (χ1v) is 8.96. The lowest BCUT2D eigenvalue weighted by atomic mass is 10.1. The molecule has 0 bridgehead atoms. The van der Waals surface area contributed by atoms with Gasteiger partial charge in [0, 0.05) is 31.7 Å². The molecule has 5 nitrogen and oxygen atoms in total. The Hall–Kier alpha value is -1.40. The van der Waals surface area contributed by atoms with Gasteiger partial charge in [0.1, 0.15) is 0 Å². The zero-order valence-electron chi connectivity index (χ0n) is 12.2. The van der Waals surface area contributed by atoms with Crippen molar-refractivity contribution in [3.8, 4) is 0 Å². The van der Waals surface area contributed by atoms with Crippen molar-refractivity contribution in [2.24, 2.45) is 0 Å². The zero-order valence-corrected chi connectivity index (χ0v) is 13.0. The van der Waals surface area contributed by atoms with Crippen molar-refractivity contribution in [1.29, 1.82) is 0 Å². The molecule has 6 heteroatoms. The highest BCUT2D eigenvalue weighted by Crippen LogP contribution is 2.26. The summed E-state index contributed by atoms with van der Waals surface area (Å²) in [6, 6.07) is 5.03. The number of piperazine rings is 1. The van der Waals surface area contributed by atoms with E-state index in [-0.39, 0.29) is 11.7 Å². The van der Waals surface area contributed by atoms with Crippen molar-refractivity contribution in [3.63, 3.8) is 0 Å². The number of aryl methyl sites for hydroxylation is 1. The first kappa shape index (κ1) is 14.5. The number of hydrogen-bond donors (Lipinski definition) is 0. The van der Waals surface area contributed by atoms with Gasteiger partial charge in [0.25, 0.3) is 5.91 Å². The van der Waals surface area contributed by atoms with Gasteiger partial charge in [0.2, 0.25) is 0 Å². The molecule has 1 aromatic rings. The fourth-order valence-electron chi connectivity index (χ4n) is 2.97. The number of fused-ring (bicyclic) bond motifs is 1. The molecule has 3 rings (SSSR count). The van der Waals surface area contributed by atoms with Crippen LogP contribution in [0.3, 0.4) is 0 Å². The molecule has 0 unspecified atom stereocenters. The Bertz CT molecular complexity index is 661. The minimum absolute atomic E-state index is 0.00821. The highest BCUT2D eigenvalue weighted by Gasteiger charge is 2.26. The van der Waals surface area contributed by atoms with Gasteiger partial charge < -0.3 is 9.80 Å². The van der Waals surface area contributed by atoms with Gasteiger partial charge in [-0.25, -0.2) is 8.42 Å². The predicted molar refractivity (Wildman–Crippen MR) is 80.2 cm³/mol. The van der Waals surface area contributed by atoms with Crippen LogP contribution in [0.4, 0.5) is 0 Å². The average Bonchev–Trinajstić information content (AvgIpc) is 2.46. The number of hydrogen-bond acceptors (Lipinski definition) is 4. The number of rotatable bonds is 1. The Morgan fingerprint density at radius 3 is 2.57 bits per heavy atom. The lowest BCUT2D eigenvalue weighted by molar-refractivity contribution is 0.0664. The Kier molecular flexibility index (Phi) is 3.75. The second-order valence-corrected chi connectivity index (χ2v) is 7.92. The summed E-state index contributed by atoms with van der Waals surface area (Å²) < 4.78 is 24.0. The number of carbonyl (C=O) groups is 1. The van der Waals surface area contributed by atoms with Crippen LogP contribution < -0.4 is 0 Å². The molecule has 114 valence electrons. The van der Waals surface area contributed by atoms with Crippen molar-refractivity contribution in [3.05, 3.63) is 29.3 Å². The summed E-state index contributed by atoms with van der Waals surface area (Å²) in [5.41, 5.74) is 1.40. The Labute approximate surface area is 125 Å². The maximum absolute atomic E-state index is 12.5. The zero-order chi connectivity index (χ0) is 15.0. The molecule has 0 N–H and O–H groups in total. The largest absolute Gasteiger partial charge is 0.336 e.